The van der Waals surface area contributed by atoms with Crippen LogP contribution in [0.3, 0.4) is 0 Å². The third-order valence-electron chi connectivity index (χ3n) is 4.21. The number of benzene rings is 1. The smallest absolute Gasteiger partial charge is 0.185 e. The van der Waals surface area contributed by atoms with Gasteiger partial charge in [0, 0.05) is 12.1 Å². The molecule has 2 unspecified atom stereocenters. The van der Waals surface area contributed by atoms with E-state index >= 15 is 0 Å². The van der Waals surface area contributed by atoms with Crippen molar-refractivity contribution < 1.29 is 17.2 Å². The quantitative estimate of drug-likeness (QED) is 0.854. The van der Waals surface area contributed by atoms with Gasteiger partial charge in [-0.3, -0.25) is 0 Å². The lowest BCUT2D eigenvalue weighted by molar-refractivity contribution is 0.204. The molecule has 0 saturated heterocycles. The number of rotatable bonds is 2. The second-order valence-corrected chi connectivity index (χ2v) is 8.20. The molecule has 0 spiro atoms. The highest BCUT2D eigenvalue weighted by molar-refractivity contribution is 7.92. The topological polar surface area (TPSA) is 60.2 Å². The molecule has 1 saturated carbocycles. The molecule has 1 fully saturated rings. The van der Waals surface area contributed by atoms with Crippen molar-refractivity contribution >= 4 is 9.84 Å². The Bertz CT molecular complexity index is 614. The van der Waals surface area contributed by atoms with Crippen molar-refractivity contribution in [2.45, 2.75) is 49.3 Å². The Morgan fingerprint density at radius 1 is 1.30 bits per heavy atom. The molecule has 1 aromatic rings. The molecule has 0 aliphatic heterocycles. The second kappa shape index (κ2) is 5.07. The van der Waals surface area contributed by atoms with E-state index < -0.39 is 37.7 Å². The van der Waals surface area contributed by atoms with Gasteiger partial charge >= 0.3 is 0 Å². The maximum absolute atomic E-state index is 13.8. The van der Waals surface area contributed by atoms with Crippen molar-refractivity contribution in [3.63, 3.8) is 0 Å². The van der Waals surface area contributed by atoms with Crippen LogP contribution in [0.25, 0.3) is 0 Å². The van der Waals surface area contributed by atoms with Gasteiger partial charge in [0.25, 0.3) is 0 Å². The molecule has 1 aliphatic carbocycles. The number of hydrogen-bond acceptors (Lipinski definition) is 3. The summed E-state index contributed by atoms with van der Waals surface area (Å²) in [5.41, 5.74) is 5.77. The molecule has 0 aromatic heterocycles. The first-order valence-electron chi connectivity index (χ1n) is 6.61. The van der Waals surface area contributed by atoms with Gasteiger partial charge in [0.2, 0.25) is 0 Å². The molecular weight excluding hydrogens is 284 g/mol. The van der Waals surface area contributed by atoms with E-state index in [1.807, 2.05) is 13.8 Å². The van der Waals surface area contributed by atoms with Crippen LogP contribution in [0, 0.1) is 17.0 Å². The van der Waals surface area contributed by atoms with E-state index in [2.05, 4.69) is 0 Å². The minimum Gasteiger partial charge on any atom is -0.326 e. The molecule has 112 valence electrons. The molecule has 2 N–H and O–H groups in total. The molecular formula is C14H19F2NO2S. The lowest BCUT2D eigenvalue weighted by atomic mass is 9.73. The molecule has 3 nitrogen and oxygen atoms in total. The summed E-state index contributed by atoms with van der Waals surface area (Å²) < 4.78 is 51.8. The Balaban J connectivity index is 2.44. The van der Waals surface area contributed by atoms with Gasteiger partial charge in [-0.25, -0.2) is 17.2 Å². The maximum Gasteiger partial charge on any atom is 0.185 e. The number of halogens is 2. The van der Waals surface area contributed by atoms with Gasteiger partial charge in [-0.15, -0.1) is 0 Å². The van der Waals surface area contributed by atoms with Gasteiger partial charge in [0.15, 0.2) is 9.84 Å². The Morgan fingerprint density at radius 3 is 2.55 bits per heavy atom. The summed E-state index contributed by atoms with van der Waals surface area (Å²) in [6.07, 6.45) is 1.98. The summed E-state index contributed by atoms with van der Waals surface area (Å²) in [7, 11) is -3.90. The normalized spacial score (nSPS) is 26.4. The van der Waals surface area contributed by atoms with E-state index in [1.165, 1.54) is 0 Å². The van der Waals surface area contributed by atoms with Crippen molar-refractivity contribution in [3.8, 4) is 0 Å². The summed E-state index contributed by atoms with van der Waals surface area (Å²) in [4.78, 5) is -0.461. The van der Waals surface area contributed by atoms with Crippen LogP contribution in [0.2, 0.25) is 0 Å². The van der Waals surface area contributed by atoms with E-state index in [1.54, 1.807) is 0 Å². The molecule has 1 aliphatic rings. The van der Waals surface area contributed by atoms with Gasteiger partial charge in [0.1, 0.15) is 16.5 Å². The fourth-order valence-electron chi connectivity index (χ4n) is 2.83. The predicted molar refractivity (Wildman–Crippen MR) is 72.9 cm³/mol. The maximum atomic E-state index is 13.8. The van der Waals surface area contributed by atoms with Gasteiger partial charge in [-0.05, 0) is 30.4 Å². The van der Waals surface area contributed by atoms with Crippen molar-refractivity contribution in [3.05, 3.63) is 29.8 Å². The molecule has 0 amide bonds. The second-order valence-electron chi connectivity index (χ2n) is 6.06. The average Bonchev–Trinajstić information content (AvgIpc) is 2.31. The van der Waals surface area contributed by atoms with Crippen molar-refractivity contribution in [1.29, 1.82) is 0 Å². The molecule has 6 heteroatoms. The molecule has 20 heavy (non-hydrogen) atoms. The van der Waals surface area contributed by atoms with Crippen LogP contribution in [-0.2, 0) is 9.84 Å². The highest BCUT2D eigenvalue weighted by Gasteiger charge is 2.44. The van der Waals surface area contributed by atoms with E-state index in [0.717, 1.165) is 25.0 Å². The van der Waals surface area contributed by atoms with Crippen molar-refractivity contribution in [2.75, 3.05) is 0 Å². The zero-order valence-electron chi connectivity index (χ0n) is 11.6. The minimum absolute atomic E-state index is 0.313. The molecule has 0 radical (unpaired) electrons. The molecule has 0 bridgehead atoms. The lowest BCUT2D eigenvalue weighted by Gasteiger charge is -2.41. The summed E-state index contributed by atoms with van der Waals surface area (Å²) in [6, 6.07) is 1.96. The largest absolute Gasteiger partial charge is 0.326 e. The van der Waals surface area contributed by atoms with Crippen LogP contribution in [-0.4, -0.2) is 19.7 Å². The Hall–Kier alpha value is -1.01. The van der Waals surface area contributed by atoms with Gasteiger partial charge in [-0.2, -0.15) is 0 Å². The van der Waals surface area contributed by atoms with Crippen molar-refractivity contribution in [1.82, 2.24) is 0 Å². The number of sulfone groups is 1. The average molecular weight is 303 g/mol. The van der Waals surface area contributed by atoms with Crippen LogP contribution < -0.4 is 5.73 Å². The van der Waals surface area contributed by atoms with E-state index in [-0.39, 0.29) is 5.41 Å². The molecule has 1 aromatic carbocycles. The summed E-state index contributed by atoms with van der Waals surface area (Å²) in [5, 5.41) is -0.828. The van der Waals surface area contributed by atoms with Gasteiger partial charge in [0.05, 0.1) is 5.25 Å². The zero-order chi connectivity index (χ0) is 15.1. The lowest BCUT2D eigenvalue weighted by Crippen LogP contribution is -2.52. The first-order valence-corrected chi connectivity index (χ1v) is 8.15. The zero-order valence-corrected chi connectivity index (χ0v) is 12.4. The van der Waals surface area contributed by atoms with Gasteiger partial charge < -0.3 is 5.73 Å². The van der Waals surface area contributed by atoms with Crippen molar-refractivity contribution in [2.24, 2.45) is 11.1 Å². The number of nitrogens with two attached hydrogens (primary N) is 1. The molecule has 0 heterocycles. The fourth-order valence-corrected chi connectivity index (χ4v) is 4.97. The SMILES string of the molecule is CC1(C)CCCC(S(=O)(=O)c2ccc(F)cc2F)C1N. The highest BCUT2D eigenvalue weighted by Crippen LogP contribution is 2.39. The number of hydrogen-bond donors (Lipinski definition) is 1. The molecule has 2 rings (SSSR count). The summed E-state index contributed by atoms with van der Waals surface area (Å²) in [6.45, 7) is 3.83. The monoisotopic (exact) mass is 303 g/mol. The van der Waals surface area contributed by atoms with E-state index in [0.29, 0.717) is 12.5 Å². The van der Waals surface area contributed by atoms with Crippen LogP contribution >= 0.6 is 0 Å². The summed E-state index contributed by atoms with van der Waals surface area (Å²) >= 11 is 0. The third kappa shape index (κ3) is 2.59. The van der Waals surface area contributed by atoms with Gasteiger partial charge in [-0.1, -0.05) is 20.3 Å². The van der Waals surface area contributed by atoms with Crippen LogP contribution in [0.15, 0.2) is 23.1 Å². The van der Waals surface area contributed by atoms with E-state index in [9.17, 15) is 17.2 Å². The Labute approximate surface area is 118 Å². The minimum atomic E-state index is -3.90. The standard InChI is InChI=1S/C14H19F2NO2S/c1-14(2)7-3-4-12(13(14)17)20(18,19)11-6-5-9(15)8-10(11)16/h5-6,8,12-13H,3-4,7,17H2,1-2H3. The third-order valence-corrected chi connectivity index (χ3v) is 6.48. The Morgan fingerprint density at radius 2 is 1.95 bits per heavy atom. The molecule has 2 atom stereocenters. The Kier molecular flexibility index (Phi) is 3.90. The first-order chi connectivity index (χ1) is 9.16. The van der Waals surface area contributed by atoms with Crippen LogP contribution in [0.5, 0.6) is 0 Å². The summed E-state index contributed by atoms with van der Waals surface area (Å²) in [5.74, 6) is -1.85. The first kappa shape index (κ1) is 15.4. The van der Waals surface area contributed by atoms with E-state index in [4.69, 9.17) is 5.73 Å². The highest BCUT2D eigenvalue weighted by atomic mass is 32.2. The predicted octanol–water partition coefficient (Wildman–Crippen LogP) is 2.64. The van der Waals surface area contributed by atoms with Crippen LogP contribution in [0.4, 0.5) is 8.78 Å². The van der Waals surface area contributed by atoms with Crippen LogP contribution in [0.1, 0.15) is 33.1 Å². The fraction of sp³-hybridized carbons (Fsp3) is 0.571.